The highest BCUT2D eigenvalue weighted by molar-refractivity contribution is 9.10. The van der Waals surface area contributed by atoms with Crippen LogP contribution in [-0.2, 0) is 11.3 Å². The van der Waals surface area contributed by atoms with Gasteiger partial charge in [0.25, 0.3) is 0 Å². The zero-order valence-electron chi connectivity index (χ0n) is 12.4. The van der Waals surface area contributed by atoms with Crippen molar-refractivity contribution >= 4 is 33.2 Å². The number of nitrogens with one attached hydrogen (secondary N) is 1. The summed E-state index contributed by atoms with van der Waals surface area (Å²) < 4.78 is 1.04. The zero-order chi connectivity index (χ0) is 15.9. The number of rotatable bonds is 8. The van der Waals surface area contributed by atoms with Crippen LogP contribution < -0.4 is 5.32 Å². The lowest BCUT2D eigenvalue weighted by atomic mass is 10.1. The minimum atomic E-state index is -0.786. The van der Waals surface area contributed by atoms with E-state index in [9.17, 15) is 9.90 Å². The molecule has 0 fully saturated rings. The summed E-state index contributed by atoms with van der Waals surface area (Å²) in [5.41, 5.74) is 1.07. The third-order valence-corrected chi connectivity index (χ3v) is 4.89. The van der Waals surface area contributed by atoms with Crippen LogP contribution in [0.3, 0.4) is 0 Å². The Balaban J connectivity index is 1.96. The first-order valence-corrected chi connectivity index (χ1v) is 8.88. The molecule has 0 aliphatic rings. The van der Waals surface area contributed by atoms with Gasteiger partial charge >= 0.3 is 5.97 Å². The first-order valence-electron chi connectivity index (χ1n) is 7.27. The van der Waals surface area contributed by atoms with Gasteiger partial charge in [0, 0.05) is 27.7 Å². The van der Waals surface area contributed by atoms with Crippen molar-refractivity contribution in [1.82, 2.24) is 10.3 Å². The molecule has 2 aromatic rings. The van der Waals surface area contributed by atoms with Crippen LogP contribution in [0.25, 0.3) is 10.6 Å². The van der Waals surface area contributed by atoms with Crippen molar-refractivity contribution in [3.8, 4) is 10.6 Å². The predicted octanol–water partition coefficient (Wildman–Crippen LogP) is 4.31. The maximum atomic E-state index is 11.2. The standard InChI is InChI=1S/C16H19BrN2O2S/c1-2-3-4-14(16(20)21)18-9-13-10-19-15(22-13)11-5-7-12(17)8-6-11/h5-8,10,14,18H,2-4,9H2,1H3,(H,20,21)/t14-/m0/s1. The molecule has 118 valence electrons. The van der Waals surface area contributed by atoms with Crippen molar-refractivity contribution < 1.29 is 9.90 Å². The summed E-state index contributed by atoms with van der Waals surface area (Å²) in [4.78, 5) is 16.7. The van der Waals surface area contributed by atoms with Gasteiger partial charge < -0.3 is 5.11 Å². The molecule has 0 bridgehead atoms. The molecule has 0 saturated carbocycles. The Bertz CT molecular complexity index is 613. The molecule has 1 aromatic carbocycles. The summed E-state index contributed by atoms with van der Waals surface area (Å²) >= 11 is 5.00. The van der Waals surface area contributed by atoms with E-state index in [-0.39, 0.29) is 0 Å². The number of unbranched alkanes of at least 4 members (excludes halogenated alkanes) is 1. The molecule has 22 heavy (non-hydrogen) atoms. The van der Waals surface area contributed by atoms with Crippen LogP contribution in [0.15, 0.2) is 34.9 Å². The van der Waals surface area contributed by atoms with E-state index >= 15 is 0 Å². The van der Waals surface area contributed by atoms with E-state index in [1.165, 1.54) is 0 Å². The van der Waals surface area contributed by atoms with Gasteiger partial charge in [0.05, 0.1) is 0 Å². The molecule has 2 rings (SSSR count). The van der Waals surface area contributed by atoms with Crippen molar-refractivity contribution in [3.63, 3.8) is 0 Å². The average molecular weight is 383 g/mol. The summed E-state index contributed by atoms with van der Waals surface area (Å²) in [5, 5.41) is 13.3. The number of thiazole rings is 1. The largest absolute Gasteiger partial charge is 0.480 e. The van der Waals surface area contributed by atoms with Crippen LogP contribution in [0.4, 0.5) is 0 Å². The van der Waals surface area contributed by atoms with Gasteiger partial charge in [-0.1, -0.05) is 47.8 Å². The molecule has 1 aromatic heterocycles. The number of carboxylic acid groups (broad SMARTS) is 1. The fourth-order valence-electron chi connectivity index (χ4n) is 2.06. The first-order chi connectivity index (χ1) is 10.6. The maximum absolute atomic E-state index is 11.2. The fourth-order valence-corrected chi connectivity index (χ4v) is 3.19. The summed E-state index contributed by atoms with van der Waals surface area (Å²) in [6, 6.07) is 7.51. The molecule has 0 amide bonds. The van der Waals surface area contributed by atoms with E-state index in [2.05, 4.69) is 33.2 Å². The molecule has 2 N–H and O–H groups in total. The summed E-state index contributed by atoms with van der Waals surface area (Å²) in [6.07, 6.45) is 4.38. The van der Waals surface area contributed by atoms with Gasteiger partial charge in [-0.05, 0) is 18.6 Å². The van der Waals surface area contributed by atoms with Gasteiger partial charge in [0.2, 0.25) is 0 Å². The van der Waals surface area contributed by atoms with Gasteiger partial charge in [0.1, 0.15) is 11.0 Å². The Morgan fingerprint density at radius 2 is 2.14 bits per heavy atom. The molecule has 4 nitrogen and oxygen atoms in total. The lowest BCUT2D eigenvalue weighted by molar-refractivity contribution is -0.139. The van der Waals surface area contributed by atoms with Crippen molar-refractivity contribution in [2.45, 2.75) is 38.8 Å². The SMILES string of the molecule is CCCC[C@H](NCc1cnc(-c2ccc(Br)cc2)s1)C(=O)O. The highest BCUT2D eigenvalue weighted by atomic mass is 79.9. The Kier molecular flexibility index (Phi) is 6.54. The van der Waals surface area contributed by atoms with Crippen molar-refractivity contribution in [3.05, 3.63) is 39.8 Å². The number of aromatic nitrogens is 1. The lowest BCUT2D eigenvalue weighted by Gasteiger charge is -2.12. The molecule has 0 saturated heterocycles. The van der Waals surface area contributed by atoms with Gasteiger partial charge in [-0.15, -0.1) is 11.3 Å². The Hall–Kier alpha value is -1.24. The average Bonchev–Trinajstić information content (AvgIpc) is 2.96. The molecule has 1 heterocycles. The maximum Gasteiger partial charge on any atom is 0.320 e. The zero-order valence-corrected chi connectivity index (χ0v) is 14.8. The minimum absolute atomic E-state index is 0.488. The van der Waals surface area contributed by atoms with E-state index in [4.69, 9.17) is 0 Å². The molecule has 0 aliphatic carbocycles. The smallest absolute Gasteiger partial charge is 0.320 e. The van der Waals surface area contributed by atoms with Crippen molar-refractivity contribution in [1.29, 1.82) is 0 Å². The fraction of sp³-hybridized carbons (Fsp3) is 0.375. The van der Waals surface area contributed by atoms with Crippen LogP contribution in [0.2, 0.25) is 0 Å². The second-order valence-corrected chi connectivity index (χ2v) is 7.08. The number of hydrogen-bond donors (Lipinski definition) is 2. The normalized spacial score (nSPS) is 12.3. The van der Waals surface area contributed by atoms with E-state index in [0.717, 1.165) is 32.8 Å². The number of hydrogen-bond acceptors (Lipinski definition) is 4. The van der Waals surface area contributed by atoms with Gasteiger partial charge in [-0.3, -0.25) is 10.1 Å². The monoisotopic (exact) mass is 382 g/mol. The number of benzene rings is 1. The number of carboxylic acids is 1. The first kappa shape index (κ1) is 17.1. The quantitative estimate of drug-likeness (QED) is 0.713. The van der Waals surface area contributed by atoms with Gasteiger partial charge in [0.15, 0.2) is 0 Å². The third kappa shape index (κ3) is 4.90. The highest BCUT2D eigenvalue weighted by Crippen LogP contribution is 2.26. The molecule has 0 spiro atoms. The topological polar surface area (TPSA) is 62.2 Å². The number of aliphatic carboxylic acids is 1. The van der Waals surface area contributed by atoms with Crippen molar-refractivity contribution in [2.75, 3.05) is 0 Å². The molecule has 6 heteroatoms. The van der Waals surface area contributed by atoms with Gasteiger partial charge in [-0.25, -0.2) is 4.98 Å². The summed E-state index contributed by atoms with van der Waals surface area (Å²) in [7, 11) is 0. The number of carbonyl (C=O) groups is 1. The van der Waals surface area contributed by atoms with Crippen LogP contribution in [-0.4, -0.2) is 22.1 Å². The van der Waals surface area contributed by atoms with E-state index in [1.54, 1.807) is 11.3 Å². The Labute approximate surface area is 142 Å². The van der Waals surface area contributed by atoms with E-state index in [0.29, 0.717) is 13.0 Å². The van der Waals surface area contributed by atoms with Crippen LogP contribution in [0, 0.1) is 0 Å². The van der Waals surface area contributed by atoms with Crippen molar-refractivity contribution in [2.24, 2.45) is 0 Å². The predicted molar refractivity (Wildman–Crippen MR) is 93.0 cm³/mol. The summed E-state index contributed by atoms with van der Waals surface area (Å²) in [5.74, 6) is -0.786. The third-order valence-electron chi connectivity index (χ3n) is 3.31. The molecule has 1 atom stereocenters. The molecular formula is C16H19BrN2O2S. The van der Waals surface area contributed by atoms with E-state index in [1.807, 2.05) is 30.5 Å². The Morgan fingerprint density at radius 3 is 2.77 bits per heavy atom. The lowest BCUT2D eigenvalue weighted by Crippen LogP contribution is -2.35. The van der Waals surface area contributed by atoms with Crippen LogP contribution in [0.1, 0.15) is 31.1 Å². The van der Waals surface area contributed by atoms with Crippen LogP contribution >= 0.6 is 27.3 Å². The minimum Gasteiger partial charge on any atom is -0.480 e. The number of halogens is 1. The molecular weight excluding hydrogens is 364 g/mol. The molecule has 0 aliphatic heterocycles. The molecule has 0 radical (unpaired) electrons. The highest BCUT2D eigenvalue weighted by Gasteiger charge is 2.16. The van der Waals surface area contributed by atoms with Gasteiger partial charge in [-0.2, -0.15) is 0 Å². The van der Waals surface area contributed by atoms with Crippen LogP contribution in [0.5, 0.6) is 0 Å². The number of nitrogens with zero attached hydrogens (tertiary/aromatic N) is 1. The second-order valence-electron chi connectivity index (χ2n) is 5.05. The Morgan fingerprint density at radius 1 is 1.41 bits per heavy atom. The second kappa shape index (κ2) is 8.41. The molecule has 0 unspecified atom stereocenters. The van der Waals surface area contributed by atoms with E-state index < -0.39 is 12.0 Å². The summed E-state index contributed by atoms with van der Waals surface area (Å²) in [6.45, 7) is 2.60.